The summed E-state index contributed by atoms with van der Waals surface area (Å²) < 4.78 is 0. The van der Waals surface area contributed by atoms with E-state index in [0.717, 1.165) is 13.1 Å². The molecular weight excluding hydrogens is 172 g/mol. The summed E-state index contributed by atoms with van der Waals surface area (Å²) in [5.41, 5.74) is 5.78. The zero-order valence-corrected chi connectivity index (χ0v) is 10.00. The summed E-state index contributed by atoms with van der Waals surface area (Å²) in [6.07, 6.45) is 7.10. The van der Waals surface area contributed by atoms with Crippen molar-refractivity contribution in [3.05, 3.63) is 0 Å². The number of rotatable bonds is 8. The van der Waals surface area contributed by atoms with Gasteiger partial charge in [0.15, 0.2) is 0 Å². The lowest BCUT2D eigenvalue weighted by atomic mass is 9.89. The second kappa shape index (κ2) is 9.20. The lowest BCUT2D eigenvalue weighted by Gasteiger charge is -2.20. The number of hydrogen-bond acceptors (Lipinski definition) is 2. The Morgan fingerprint density at radius 1 is 1.36 bits per heavy atom. The minimum atomic E-state index is 0.632. The largest absolute Gasteiger partial charge is 0.330 e. The van der Waals surface area contributed by atoms with Gasteiger partial charge in [0, 0.05) is 6.54 Å². The van der Waals surface area contributed by atoms with Crippen LogP contribution in [0.1, 0.15) is 46.5 Å². The third-order valence-electron chi connectivity index (χ3n) is 2.86. The minimum Gasteiger partial charge on any atom is -0.330 e. The molecule has 0 amide bonds. The van der Waals surface area contributed by atoms with Gasteiger partial charge in [-0.2, -0.15) is 0 Å². The minimum absolute atomic E-state index is 0.632. The van der Waals surface area contributed by atoms with E-state index in [1.165, 1.54) is 25.7 Å². The molecule has 0 saturated carbocycles. The van der Waals surface area contributed by atoms with Gasteiger partial charge in [0.05, 0.1) is 0 Å². The number of unbranched alkanes of at least 4 members (excludes halogenated alkanes) is 2. The van der Waals surface area contributed by atoms with Crippen molar-refractivity contribution in [2.75, 3.05) is 13.1 Å². The van der Waals surface area contributed by atoms with Crippen LogP contribution < -0.4 is 5.73 Å². The van der Waals surface area contributed by atoms with E-state index in [-0.39, 0.29) is 0 Å². The van der Waals surface area contributed by atoms with Crippen LogP contribution in [0.4, 0.5) is 0 Å². The summed E-state index contributed by atoms with van der Waals surface area (Å²) in [4.78, 5) is 4.29. The van der Waals surface area contributed by atoms with Gasteiger partial charge in [0.25, 0.3) is 0 Å². The summed E-state index contributed by atoms with van der Waals surface area (Å²) in [6, 6.07) is 0. The molecule has 1 unspecified atom stereocenters. The Bertz CT molecular complexity index is 143. The van der Waals surface area contributed by atoms with Crippen molar-refractivity contribution >= 4 is 6.21 Å². The maximum atomic E-state index is 5.78. The number of nitrogens with two attached hydrogens (primary N) is 1. The van der Waals surface area contributed by atoms with E-state index in [0.29, 0.717) is 11.8 Å². The molecule has 2 N–H and O–H groups in total. The van der Waals surface area contributed by atoms with Crippen LogP contribution >= 0.6 is 0 Å². The summed E-state index contributed by atoms with van der Waals surface area (Å²) >= 11 is 0. The quantitative estimate of drug-likeness (QED) is 0.472. The van der Waals surface area contributed by atoms with Gasteiger partial charge in [0.2, 0.25) is 0 Å². The first-order valence-corrected chi connectivity index (χ1v) is 5.90. The van der Waals surface area contributed by atoms with Crippen LogP contribution in [-0.2, 0) is 0 Å². The highest BCUT2D eigenvalue weighted by Crippen LogP contribution is 2.18. The van der Waals surface area contributed by atoms with Gasteiger partial charge in [0.1, 0.15) is 0 Å². The molecule has 0 bridgehead atoms. The van der Waals surface area contributed by atoms with Crippen LogP contribution in [0.15, 0.2) is 4.99 Å². The molecule has 14 heavy (non-hydrogen) atoms. The average molecular weight is 198 g/mol. The van der Waals surface area contributed by atoms with Gasteiger partial charge in [-0.15, -0.1) is 0 Å². The molecule has 84 valence electrons. The molecule has 0 aliphatic rings. The fourth-order valence-corrected chi connectivity index (χ4v) is 1.71. The molecule has 0 fully saturated rings. The summed E-state index contributed by atoms with van der Waals surface area (Å²) in [6.45, 7) is 8.22. The predicted molar refractivity (Wildman–Crippen MR) is 64.9 cm³/mol. The fraction of sp³-hybridized carbons (Fsp3) is 0.917. The van der Waals surface area contributed by atoms with E-state index >= 15 is 0 Å². The van der Waals surface area contributed by atoms with Crippen LogP contribution in [0, 0.1) is 11.8 Å². The van der Waals surface area contributed by atoms with Crippen LogP contribution in [0.25, 0.3) is 0 Å². The van der Waals surface area contributed by atoms with Crippen molar-refractivity contribution in [3.8, 4) is 0 Å². The molecular formula is C12H26N2. The molecule has 0 radical (unpaired) electrons. The molecule has 0 rings (SSSR count). The SMILES string of the molecule is CC=NC[C@@H](C)C(CN)CCCCC. The van der Waals surface area contributed by atoms with E-state index in [1.807, 2.05) is 13.1 Å². The first-order valence-electron chi connectivity index (χ1n) is 5.90. The predicted octanol–water partition coefficient (Wildman–Crippen LogP) is 2.87. The molecule has 2 heteroatoms. The third kappa shape index (κ3) is 6.14. The van der Waals surface area contributed by atoms with Gasteiger partial charge in [-0.25, -0.2) is 0 Å². The van der Waals surface area contributed by atoms with E-state index in [2.05, 4.69) is 18.8 Å². The van der Waals surface area contributed by atoms with Crippen molar-refractivity contribution in [1.29, 1.82) is 0 Å². The van der Waals surface area contributed by atoms with Crippen molar-refractivity contribution in [2.45, 2.75) is 46.5 Å². The maximum Gasteiger partial charge on any atom is 0.0414 e. The number of hydrogen-bond donors (Lipinski definition) is 1. The Morgan fingerprint density at radius 3 is 2.57 bits per heavy atom. The van der Waals surface area contributed by atoms with Crippen LogP contribution in [0.2, 0.25) is 0 Å². The third-order valence-corrected chi connectivity index (χ3v) is 2.86. The molecule has 2 nitrogen and oxygen atoms in total. The van der Waals surface area contributed by atoms with Crippen molar-refractivity contribution in [3.63, 3.8) is 0 Å². The standard InChI is InChI=1S/C12H26N2/c1-4-6-7-8-12(9-13)11(3)10-14-5-2/h5,11-12H,4,6-10,13H2,1-3H3/t11-,12?/m1/s1. The zero-order chi connectivity index (χ0) is 10.8. The Labute approximate surface area is 89.0 Å². The molecule has 0 aromatic rings. The lowest BCUT2D eigenvalue weighted by molar-refractivity contribution is 0.340. The maximum absolute atomic E-state index is 5.78. The second-order valence-electron chi connectivity index (χ2n) is 4.09. The monoisotopic (exact) mass is 198 g/mol. The molecule has 2 atom stereocenters. The summed E-state index contributed by atoms with van der Waals surface area (Å²) in [5.74, 6) is 1.29. The molecule has 0 heterocycles. The highest BCUT2D eigenvalue weighted by Gasteiger charge is 2.14. The lowest BCUT2D eigenvalue weighted by Crippen LogP contribution is -2.23. The summed E-state index contributed by atoms with van der Waals surface area (Å²) in [7, 11) is 0. The first kappa shape index (κ1) is 13.6. The highest BCUT2D eigenvalue weighted by molar-refractivity contribution is 5.53. The van der Waals surface area contributed by atoms with Crippen LogP contribution in [-0.4, -0.2) is 19.3 Å². The topological polar surface area (TPSA) is 38.4 Å². The Kier molecular flexibility index (Phi) is 8.95. The van der Waals surface area contributed by atoms with E-state index in [9.17, 15) is 0 Å². The molecule has 0 aromatic heterocycles. The van der Waals surface area contributed by atoms with Crippen LogP contribution in [0.3, 0.4) is 0 Å². The van der Waals surface area contributed by atoms with Gasteiger partial charge in [-0.1, -0.05) is 33.1 Å². The first-order chi connectivity index (χ1) is 6.76. The zero-order valence-electron chi connectivity index (χ0n) is 10.00. The van der Waals surface area contributed by atoms with Crippen molar-refractivity contribution in [1.82, 2.24) is 0 Å². The fourth-order valence-electron chi connectivity index (χ4n) is 1.71. The average Bonchev–Trinajstić information content (AvgIpc) is 2.21. The molecule has 0 aliphatic heterocycles. The van der Waals surface area contributed by atoms with Gasteiger partial charge >= 0.3 is 0 Å². The second-order valence-corrected chi connectivity index (χ2v) is 4.09. The Morgan fingerprint density at radius 2 is 2.07 bits per heavy atom. The smallest absolute Gasteiger partial charge is 0.0414 e. The Hall–Kier alpha value is -0.370. The summed E-state index contributed by atoms with van der Waals surface area (Å²) in [5, 5.41) is 0. The Balaban J connectivity index is 3.73. The molecule has 0 saturated heterocycles. The highest BCUT2D eigenvalue weighted by atomic mass is 14.7. The van der Waals surface area contributed by atoms with E-state index < -0.39 is 0 Å². The van der Waals surface area contributed by atoms with Gasteiger partial charge in [-0.05, 0) is 37.9 Å². The van der Waals surface area contributed by atoms with Gasteiger partial charge in [-0.3, -0.25) is 4.99 Å². The normalized spacial score (nSPS) is 16.0. The van der Waals surface area contributed by atoms with Crippen LogP contribution in [0.5, 0.6) is 0 Å². The van der Waals surface area contributed by atoms with Crippen molar-refractivity contribution in [2.24, 2.45) is 22.6 Å². The van der Waals surface area contributed by atoms with E-state index in [4.69, 9.17) is 5.73 Å². The van der Waals surface area contributed by atoms with Gasteiger partial charge < -0.3 is 5.73 Å². The molecule has 0 aliphatic carbocycles. The van der Waals surface area contributed by atoms with E-state index in [1.54, 1.807) is 0 Å². The number of nitrogens with zero attached hydrogens (tertiary/aromatic N) is 1. The molecule has 0 aromatic carbocycles. The molecule has 0 spiro atoms. The number of aliphatic imine (C=N–C) groups is 1. The van der Waals surface area contributed by atoms with Crippen molar-refractivity contribution < 1.29 is 0 Å².